The van der Waals surface area contributed by atoms with Crippen LogP contribution in [0.25, 0.3) is 0 Å². The van der Waals surface area contributed by atoms with Gasteiger partial charge in [-0.25, -0.2) is 0 Å². The summed E-state index contributed by atoms with van der Waals surface area (Å²) in [6.45, 7) is 3.72. The molecule has 0 saturated heterocycles. The first-order valence-corrected chi connectivity index (χ1v) is 5.98. The van der Waals surface area contributed by atoms with Crippen molar-refractivity contribution >= 4 is 5.78 Å². The number of Topliss-reactive ketones (excluding diaryl/α,β-unsaturated/α-hetero) is 1. The highest BCUT2D eigenvalue weighted by Crippen LogP contribution is 2.49. The second kappa shape index (κ2) is 4.64. The molecule has 0 unspecified atom stereocenters. The third-order valence-corrected chi connectivity index (χ3v) is 3.05. The molecule has 104 valence electrons. The van der Waals surface area contributed by atoms with Crippen molar-refractivity contribution in [2.24, 2.45) is 0 Å². The topological polar surface area (TPSA) is 54.0 Å². The lowest BCUT2D eigenvalue weighted by Crippen LogP contribution is -2.36. The van der Waals surface area contributed by atoms with Crippen LogP contribution in [0.3, 0.4) is 0 Å². The molecular weight excluding hydrogens is 248 g/mol. The van der Waals surface area contributed by atoms with Gasteiger partial charge in [0.05, 0.1) is 27.8 Å². The van der Waals surface area contributed by atoms with E-state index < -0.39 is 5.60 Å². The van der Waals surface area contributed by atoms with Crippen LogP contribution >= 0.6 is 0 Å². The van der Waals surface area contributed by atoms with Gasteiger partial charge in [-0.1, -0.05) is 0 Å². The second-order valence-electron chi connectivity index (χ2n) is 4.98. The van der Waals surface area contributed by atoms with Crippen LogP contribution in [0.15, 0.2) is 6.07 Å². The first-order valence-electron chi connectivity index (χ1n) is 5.98. The number of carbonyl (C=O) groups excluding carboxylic acids is 1. The van der Waals surface area contributed by atoms with E-state index in [2.05, 4.69) is 0 Å². The van der Waals surface area contributed by atoms with E-state index in [1.165, 1.54) is 21.3 Å². The molecule has 0 atom stereocenters. The molecule has 0 spiro atoms. The minimum Gasteiger partial charge on any atom is -0.496 e. The van der Waals surface area contributed by atoms with Crippen LogP contribution in [-0.4, -0.2) is 32.7 Å². The van der Waals surface area contributed by atoms with Crippen molar-refractivity contribution in [2.75, 3.05) is 21.3 Å². The van der Waals surface area contributed by atoms with Gasteiger partial charge in [0.1, 0.15) is 16.9 Å². The fourth-order valence-electron chi connectivity index (χ4n) is 2.25. The van der Waals surface area contributed by atoms with Crippen molar-refractivity contribution in [3.63, 3.8) is 0 Å². The van der Waals surface area contributed by atoms with Gasteiger partial charge in [-0.05, 0) is 13.8 Å². The number of fused-ring (bicyclic) bond motifs is 1. The lowest BCUT2D eigenvalue weighted by molar-refractivity contribution is 0.0592. The number of carbonyl (C=O) groups is 1. The average molecular weight is 266 g/mol. The number of ether oxygens (including phenoxy) is 4. The van der Waals surface area contributed by atoms with Crippen molar-refractivity contribution in [2.45, 2.75) is 25.9 Å². The smallest absolute Gasteiger partial charge is 0.204 e. The largest absolute Gasteiger partial charge is 0.496 e. The Morgan fingerprint density at radius 1 is 1.11 bits per heavy atom. The molecule has 0 N–H and O–H groups in total. The first kappa shape index (κ1) is 13.5. The number of methoxy groups -OCH3 is 3. The van der Waals surface area contributed by atoms with Gasteiger partial charge in [0.25, 0.3) is 0 Å². The maximum absolute atomic E-state index is 12.3. The van der Waals surface area contributed by atoms with Gasteiger partial charge in [-0.3, -0.25) is 4.79 Å². The van der Waals surface area contributed by atoms with E-state index in [9.17, 15) is 4.79 Å². The zero-order valence-electron chi connectivity index (χ0n) is 11.8. The van der Waals surface area contributed by atoms with Gasteiger partial charge in [0.2, 0.25) is 5.75 Å². The third kappa shape index (κ3) is 2.20. The van der Waals surface area contributed by atoms with Crippen LogP contribution in [0.5, 0.6) is 23.0 Å². The fraction of sp³-hybridized carbons (Fsp3) is 0.500. The molecule has 1 aromatic carbocycles. The summed E-state index contributed by atoms with van der Waals surface area (Å²) in [5.41, 5.74) is -0.158. The number of ketones is 1. The van der Waals surface area contributed by atoms with Gasteiger partial charge in [-0.2, -0.15) is 0 Å². The van der Waals surface area contributed by atoms with Crippen LogP contribution in [0.4, 0.5) is 0 Å². The lowest BCUT2D eigenvalue weighted by atomic mass is 9.92. The fourth-order valence-corrected chi connectivity index (χ4v) is 2.25. The molecule has 1 aromatic rings. The molecule has 0 aliphatic carbocycles. The van der Waals surface area contributed by atoms with Crippen molar-refractivity contribution in [3.05, 3.63) is 11.6 Å². The minimum atomic E-state index is -0.575. The maximum Gasteiger partial charge on any atom is 0.204 e. The van der Waals surface area contributed by atoms with E-state index >= 15 is 0 Å². The van der Waals surface area contributed by atoms with E-state index in [0.717, 1.165) is 0 Å². The molecule has 0 fully saturated rings. The number of rotatable bonds is 3. The zero-order valence-corrected chi connectivity index (χ0v) is 11.8. The summed E-state index contributed by atoms with van der Waals surface area (Å²) in [5.74, 6) is 1.69. The Morgan fingerprint density at radius 2 is 1.74 bits per heavy atom. The standard InChI is InChI=1S/C14H18O5/c1-14(2)7-8(15)11-9(16-3)6-10(17-4)12(18-5)13(11)19-14/h6H,7H2,1-5H3. The van der Waals surface area contributed by atoms with Crippen LogP contribution in [0.1, 0.15) is 30.6 Å². The molecule has 5 heteroatoms. The Bertz CT molecular complexity index is 519. The van der Waals surface area contributed by atoms with Gasteiger partial charge in [-0.15, -0.1) is 0 Å². The van der Waals surface area contributed by atoms with E-state index in [1.54, 1.807) is 6.07 Å². The highest BCUT2D eigenvalue weighted by molar-refractivity contribution is 6.04. The zero-order chi connectivity index (χ0) is 14.2. The second-order valence-corrected chi connectivity index (χ2v) is 4.98. The number of benzene rings is 1. The molecule has 2 rings (SSSR count). The summed E-state index contributed by atoms with van der Waals surface area (Å²) in [4.78, 5) is 12.3. The summed E-state index contributed by atoms with van der Waals surface area (Å²) < 4.78 is 21.7. The molecule has 1 heterocycles. The highest BCUT2D eigenvalue weighted by atomic mass is 16.5. The highest BCUT2D eigenvalue weighted by Gasteiger charge is 2.38. The Kier molecular flexibility index (Phi) is 3.30. The first-order chi connectivity index (χ1) is 8.93. The monoisotopic (exact) mass is 266 g/mol. The van der Waals surface area contributed by atoms with E-state index in [0.29, 0.717) is 35.0 Å². The molecule has 1 aliphatic rings. The van der Waals surface area contributed by atoms with Crippen molar-refractivity contribution in [1.29, 1.82) is 0 Å². The Morgan fingerprint density at radius 3 is 2.26 bits per heavy atom. The maximum atomic E-state index is 12.3. The van der Waals surface area contributed by atoms with Crippen LogP contribution in [0.2, 0.25) is 0 Å². The van der Waals surface area contributed by atoms with Crippen molar-refractivity contribution in [3.8, 4) is 23.0 Å². The SMILES string of the molecule is COc1cc(OC)c2c(c1OC)OC(C)(C)CC2=O. The summed E-state index contributed by atoms with van der Waals surface area (Å²) in [6, 6.07) is 1.64. The van der Waals surface area contributed by atoms with E-state index in [1.807, 2.05) is 13.8 Å². The molecule has 5 nitrogen and oxygen atoms in total. The minimum absolute atomic E-state index is 0.0240. The predicted octanol–water partition coefficient (Wildman–Crippen LogP) is 2.46. The predicted molar refractivity (Wildman–Crippen MR) is 69.8 cm³/mol. The molecule has 0 aromatic heterocycles. The molecule has 0 amide bonds. The summed E-state index contributed by atoms with van der Waals surface area (Å²) >= 11 is 0. The molecule has 0 radical (unpaired) electrons. The van der Waals surface area contributed by atoms with Crippen molar-refractivity contribution in [1.82, 2.24) is 0 Å². The van der Waals surface area contributed by atoms with Gasteiger partial charge in [0, 0.05) is 6.07 Å². The third-order valence-electron chi connectivity index (χ3n) is 3.05. The molecule has 0 bridgehead atoms. The number of hydrogen-bond acceptors (Lipinski definition) is 5. The van der Waals surface area contributed by atoms with Crippen LogP contribution < -0.4 is 18.9 Å². The van der Waals surface area contributed by atoms with Crippen molar-refractivity contribution < 1.29 is 23.7 Å². The Hall–Kier alpha value is -1.91. The Balaban J connectivity index is 2.72. The average Bonchev–Trinajstić information content (AvgIpc) is 2.34. The van der Waals surface area contributed by atoms with Crippen LogP contribution in [0, 0.1) is 0 Å². The van der Waals surface area contributed by atoms with E-state index in [-0.39, 0.29) is 5.78 Å². The van der Waals surface area contributed by atoms with Crippen LogP contribution in [-0.2, 0) is 0 Å². The normalized spacial score (nSPS) is 16.4. The van der Waals surface area contributed by atoms with Gasteiger partial charge in [0.15, 0.2) is 17.3 Å². The Labute approximate surface area is 112 Å². The number of hydrogen-bond donors (Lipinski definition) is 0. The summed E-state index contributed by atoms with van der Waals surface area (Å²) in [7, 11) is 4.55. The lowest BCUT2D eigenvalue weighted by Gasteiger charge is -2.33. The summed E-state index contributed by atoms with van der Waals surface area (Å²) in [6.07, 6.45) is 0.297. The molecule has 0 saturated carbocycles. The molecule has 19 heavy (non-hydrogen) atoms. The molecular formula is C14H18O5. The van der Waals surface area contributed by atoms with E-state index in [4.69, 9.17) is 18.9 Å². The quantitative estimate of drug-likeness (QED) is 0.841. The van der Waals surface area contributed by atoms with Gasteiger partial charge >= 0.3 is 0 Å². The summed E-state index contributed by atoms with van der Waals surface area (Å²) in [5, 5.41) is 0. The molecule has 1 aliphatic heterocycles. The van der Waals surface area contributed by atoms with Gasteiger partial charge < -0.3 is 18.9 Å².